The van der Waals surface area contributed by atoms with E-state index in [9.17, 15) is 0 Å². The smallest absolute Gasteiger partial charge is 0.182 e. The van der Waals surface area contributed by atoms with Crippen LogP contribution in [0.25, 0.3) is 0 Å². The second-order valence-corrected chi connectivity index (χ2v) is 5.45. The number of hydrogen-bond donors (Lipinski definition) is 1. The van der Waals surface area contributed by atoms with Crippen molar-refractivity contribution in [2.45, 2.75) is 12.3 Å². The minimum absolute atomic E-state index is 0.294. The maximum absolute atomic E-state index is 9.09. The van der Waals surface area contributed by atoms with Crippen LogP contribution in [0.15, 0.2) is 73.1 Å². The molecule has 0 spiro atoms. The molecule has 3 aromatic rings. The molecule has 0 saturated carbocycles. The molecule has 4 nitrogen and oxygen atoms in total. The first-order valence-corrected chi connectivity index (χ1v) is 7.93. The molecule has 0 aliphatic carbocycles. The lowest BCUT2D eigenvalue weighted by molar-refractivity contribution is 0.742. The van der Waals surface area contributed by atoms with E-state index in [1.807, 2.05) is 12.1 Å². The van der Waals surface area contributed by atoms with E-state index in [1.165, 1.54) is 17.3 Å². The van der Waals surface area contributed by atoms with Gasteiger partial charge in [-0.15, -0.1) is 0 Å². The van der Waals surface area contributed by atoms with E-state index in [4.69, 9.17) is 5.26 Å². The van der Waals surface area contributed by atoms with Crippen molar-refractivity contribution in [1.82, 2.24) is 9.97 Å². The summed E-state index contributed by atoms with van der Waals surface area (Å²) in [6.07, 6.45) is 4.02. The number of nitriles is 1. The van der Waals surface area contributed by atoms with E-state index < -0.39 is 0 Å². The summed E-state index contributed by atoms with van der Waals surface area (Å²) in [6, 6.07) is 23.0. The van der Waals surface area contributed by atoms with Crippen LogP contribution < -0.4 is 5.32 Å². The Morgan fingerprint density at radius 1 is 0.875 bits per heavy atom. The van der Waals surface area contributed by atoms with Gasteiger partial charge in [-0.05, 0) is 17.5 Å². The summed E-state index contributed by atoms with van der Waals surface area (Å²) in [4.78, 5) is 8.22. The molecule has 0 unspecified atom stereocenters. The lowest BCUT2D eigenvalue weighted by Crippen LogP contribution is -2.11. The Kier molecular flexibility index (Phi) is 5.16. The topological polar surface area (TPSA) is 61.6 Å². The van der Waals surface area contributed by atoms with Crippen molar-refractivity contribution in [1.29, 1.82) is 5.26 Å². The van der Waals surface area contributed by atoms with Crippen LogP contribution in [-0.4, -0.2) is 16.5 Å². The van der Waals surface area contributed by atoms with Gasteiger partial charge < -0.3 is 5.32 Å². The average Bonchev–Trinajstić information content (AvgIpc) is 2.67. The second-order valence-electron chi connectivity index (χ2n) is 5.45. The zero-order valence-corrected chi connectivity index (χ0v) is 13.3. The monoisotopic (exact) mass is 314 g/mol. The largest absolute Gasteiger partial charge is 0.368 e. The summed E-state index contributed by atoms with van der Waals surface area (Å²) in [6.45, 7) is 0.710. The molecule has 0 amide bonds. The number of aromatic nitrogens is 2. The SMILES string of the molecule is N#Cc1nccnc1NCCC(c1ccccc1)c1ccccc1. The van der Waals surface area contributed by atoms with Crippen molar-refractivity contribution in [3.63, 3.8) is 0 Å². The average molecular weight is 314 g/mol. The Morgan fingerprint density at radius 3 is 2.04 bits per heavy atom. The fourth-order valence-corrected chi connectivity index (χ4v) is 2.78. The van der Waals surface area contributed by atoms with Gasteiger partial charge in [0, 0.05) is 24.9 Å². The maximum atomic E-state index is 9.09. The van der Waals surface area contributed by atoms with Crippen LogP contribution in [0.5, 0.6) is 0 Å². The first-order chi connectivity index (χ1) is 11.9. The molecule has 0 aliphatic heterocycles. The highest BCUT2D eigenvalue weighted by Crippen LogP contribution is 2.27. The van der Waals surface area contributed by atoms with Crippen LogP contribution in [-0.2, 0) is 0 Å². The minimum Gasteiger partial charge on any atom is -0.368 e. The Hall–Kier alpha value is -3.19. The first kappa shape index (κ1) is 15.7. The first-order valence-electron chi connectivity index (χ1n) is 7.93. The molecule has 1 aromatic heterocycles. The second kappa shape index (κ2) is 7.89. The number of rotatable bonds is 6. The fraction of sp³-hybridized carbons (Fsp3) is 0.150. The third kappa shape index (κ3) is 3.76. The summed E-state index contributed by atoms with van der Waals surface area (Å²) < 4.78 is 0. The van der Waals surface area contributed by atoms with Gasteiger partial charge in [-0.25, -0.2) is 9.97 Å². The van der Waals surface area contributed by atoms with E-state index in [0.29, 0.717) is 24.0 Å². The number of hydrogen-bond acceptors (Lipinski definition) is 4. The van der Waals surface area contributed by atoms with Crippen molar-refractivity contribution in [2.75, 3.05) is 11.9 Å². The highest BCUT2D eigenvalue weighted by atomic mass is 15.0. The summed E-state index contributed by atoms with van der Waals surface area (Å²) in [5.74, 6) is 0.835. The lowest BCUT2D eigenvalue weighted by Gasteiger charge is -2.18. The van der Waals surface area contributed by atoms with E-state index in [-0.39, 0.29) is 0 Å². The number of nitrogens with zero attached hydrogens (tertiary/aromatic N) is 3. The van der Waals surface area contributed by atoms with Gasteiger partial charge in [0.15, 0.2) is 11.5 Å². The van der Waals surface area contributed by atoms with E-state index in [1.54, 1.807) is 6.20 Å². The Labute approximate surface area is 141 Å². The molecule has 118 valence electrons. The third-order valence-corrected chi connectivity index (χ3v) is 3.93. The molecule has 1 heterocycles. The lowest BCUT2D eigenvalue weighted by atomic mass is 9.88. The molecule has 0 radical (unpaired) electrons. The normalized spacial score (nSPS) is 10.3. The molecular formula is C20H18N4. The van der Waals surface area contributed by atoms with Gasteiger partial charge in [-0.1, -0.05) is 60.7 Å². The standard InChI is InChI=1S/C20H18N4/c21-15-19-20(24-14-13-22-19)23-12-11-18(16-7-3-1-4-8-16)17-9-5-2-6-10-17/h1-10,13-14,18H,11-12H2,(H,23,24). The summed E-state index contributed by atoms with van der Waals surface area (Å²) in [5, 5.41) is 12.3. The van der Waals surface area contributed by atoms with Crippen molar-refractivity contribution in [2.24, 2.45) is 0 Å². The van der Waals surface area contributed by atoms with Gasteiger partial charge in [0.2, 0.25) is 0 Å². The van der Waals surface area contributed by atoms with Gasteiger partial charge >= 0.3 is 0 Å². The van der Waals surface area contributed by atoms with Crippen molar-refractivity contribution >= 4 is 5.82 Å². The molecule has 1 N–H and O–H groups in total. The molecule has 2 aromatic carbocycles. The van der Waals surface area contributed by atoms with E-state index >= 15 is 0 Å². The third-order valence-electron chi connectivity index (χ3n) is 3.93. The van der Waals surface area contributed by atoms with Crippen LogP contribution >= 0.6 is 0 Å². The Bertz CT molecular complexity index is 770. The van der Waals surface area contributed by atoms with Crippen molar-refractivity contribution < 1.29 is 0 Å². The zero-order valence-electron chi connectivity index (χ0n) is 13.3. The minimum atomic E-state index is 0.294. The van der Waals surface area contributed by atoms with Crippen molar-refractivity contribution in [3.8, 4) is 6.07 Å². The maximum Gasteiger partial charge on any atom is 0.182 e. The highest BCUT2D eigenvalue weighted by molar-refractivity contribution is 5.46. The number of nitrogens with one attached hydrogen (secondary N) is 1. The van der Waals surface area contributed by atoms with E-state index in [2.05, 4.69) is 69.9 Å². The van der Waals surface area contributed by atoms with E-state index in [0.717, 1.165) is 6.42 Å². The number of anilines is 1. The van der Waals surface area contributed by atoms with Gasteiger partial charge in [0.25, 0.3) is 0 Å². The van der Waals surface area contributed by atoms with Gasteiger partial charge in [-0.3, -0.25) is 0 Å². The summed E-state index contributed by atoms with van der Waals surface area (Å²) in [5.41, 5.74) is 2.89. The predicted molar refractivity (Wildman–Crippen MR) is 94.6 cm³/mol. The summed E-state index contributed by atoms with van der Waals surface area (Å²) >= 11 is 0. The highest BCUT2D eigenvalue weighted by Gasteiger charge is 2.14. The molecule has 24 heavy (non-hydrogen) atoms. The van der Waals surface area contributed by atoms with Gasteiger partial charge in [0.1, 0.15) is 6.07 Å². The summed E-state index contributed by atoms with van der Waals surface area (Å²) in [7, 11) is 0. The van der Waals surface area contributed by atoms with Gasteiger partial charge in [0.05, 0.1) is 0 Å². The van der Waals surface area contributed by atoms with Crippen LogP contribution in [0.4, 0.5) is 5.82 Å². The molecule has 0 aliphatic rings. The Morgan fingerprint density at radius 2 is 1.46 bits per heavy atom. The molecule has 0 fully saturated rings. The van der Waals surface area contributed by atoms with Crippen LogP contribution in [0.3, 0.4) is 0 Å². The molecular weight excluding hydrogens is 296 g/mol. The molecule has 0 saturated heterocycles. The molecule has 3 rings (SSSR count). The quantitative estimate of drug-likeness (QED) is 0.747. The van der Waals surface area contributed by atoms with Gasteiger partial charge in [-0.2, -0.15) is 5.26 Å². The van der Waals surface area contributed by atoms with Crippen molar-refractivity contribution in [3.05, 3.63) is 89.9 Å². The Balaban J connectivity index is 1.75. The molecule has 0 bridgehead atoms. The number of benzene rings is 2. The van der Waals surface area contributed by atoms with Crippen LogP contribution in [0, 0.1) is 11.3 Å². The fourth-order valence-electron chi connectivity index (χ4n) is 2.78. The predicted octanol–water partition coefficient (Wildman–Crippen LogP) is 3.98. The van der Waals surface area contributed by atoms with Crippen LogP contribution in [0.2, 0.25) is 0 Å². The molecule has 0 atom stereocenters. The van der Waals surface area contributed by atoms with Crippen LogP contribution in [0.1, 0.15) is 29.2 Å². The molecule has 4 heteroatoms. The zero-order chi connectivity index (χ0) is 16.6.